The van der Waals surface area contributed by atoms with Gasteiger partial charge in [-0.1, -0.05) is 5.16 Å². The lowest BCUT2D eigenvalue weighted by Gasteiger charge is -2.33. The Morgan fingerprint density at radius 2 is 1.92 bits per heavy atom. The van der Waals surface area contributed by atoms with Crippen LogP contribution in [0, 0.1) is 11.3 Å². The number of ketones is 1. The van der Waals surface area contributed by atoms with Crippen LogP contribution in [0.4, 0.5) is 0 Å². The van der Waals surface area contributed by atoms with E-state index in [1.807, 2.05) is 0 Å². The number of Topliss-reactive ketones (excluding diaryl/α,β-unsaturated/α-hetero) is 1. The quantitative estimate of drug-likeness (QED) is 0.521. The molecule has 5 rings (SSSR count). The van der Waals surface area contributed by atoms with Gasteiger partial charge in [0.2, 0.25) is 24.2 Å². The van der Waals surface area contributed by atoms with Gasteiger partial charge in [-0.25, -0.2) is 4.79 Å². The third kappa shape index (κ3) is 4.04. The van der Waals surface area contributed by atoms with Crippen molar-refractivity contribution in [3.05, 3.63) is 33.9 Å². The first-order chi connectivity index (χ1) is 18.4. The molecule has 0 saturated heterocycles. The zero-order valence-corrected chi connectivity index (χ0v) is 21.3. The first kappa shape index (κ1) is 25.3. The standard InChI is InChI=1S/C26H27N3O9/c1-4-34-26(31)15-9-12(38-29-15)8-13-19(22(33-3)24-23(21(13)32-2)35-11-36-24)18-14(10-27)25(28)37-17-7-5-6-16(30)20(17)18/h12,18H,4-9,11,28H2,1-3H3/t12-,18-/m1/s1. The summed E-state index contributed by atoms with van der Waals surface area (Å²) in [5, 5.41) is 14.1. The van der Waals surface area contributed by atoms with Gasteiger partial charge in [0, 0.05) is 42.4 Å². The number of ether oxygens (including phenoxy) is 6. The Bertz CT molecular complexity index is 1340. The van der Waals surface area contributed by atoms with Gasteiger partial charge in [-0.15, -0.1) is 0 Å². The van der Waals surface area contributed by atoms with Crippen molar-refractivity contribution in [1.29, 1.82) is 5.26 Å². The number of fused-ring (bicyclic) bond motifs is 1. The second-order valence-electron chi connectivity index (χ2n) is 8.96. The summed E-state index contributed by atoms with van der Waals surface area (Å²) in [4.78, 5) is 31.1. The van der Waals surface area contributed by atoms with E-state index in [9.17, 15) is 14.9 Å². The van der Waals surface area contributed by atoms with Crippen molar-refractivity contribution in [3.8, 4) is 29.1 Å². The van der Waals surface area contributed by atoms with Crippen LogP contribution in [0.3, 0.4) is 0 Å². The Hall–Kier alpha value is -4.40. The van der Waals surface area contributed by atoms with Crippen LogP contribution in [0.5, 0.6) is 23.0 Å². The topological polar surface area (TPSA) is 161 Å². The fourth-order valence-electron chi connectivity index (χ4n) is 5.31. The second kappa shape index (κ2) is 10.2. The number of benzene rings is 1. The zero-order chi connectivity index (χ0) is 27.0. The molecule has 0 radical (unpaired) electrons. The summed E-state index contributed by atoms with van der Waals surface area (Å²) >= 11 is 0. The molecule has 1 aromatic rings. The first-order valence-electron chi connectivity index (χ1n) is 12.2. The lowest BCUT2D eigenvalue weighted by molar-refractivity contribution is -0.135. The summed E-state index contributed by atoms with van der Waals surface area (Å²) in [5.41, 5.74) is 7.76. The number of esters is 1. The molecule has 0 aromatic heterocycles. The van der Waals surface area contributed by atoms with Crippen molar-refractivity contribution < 1.29 is 42.8 Å². The molecule has 3 aliphatic heterocycles. The molecule has 4 aliphatic rings. The van der Waals surface area contributed by atoms with Crippen molar-refractivity contribution in [3.63, 3.8) is 0 Å². The zero-order valence-electron chi connectivity index (χ0n) is 21.3. The average Bonchev–Trinajstić information content (AvgIpc) is 3.58. The van der Waals surface area contributed by atoms with Crippen LogP contribution in [0.2, 0.25) is 0 Å². The van der Waals surface area contributed by atoms with Gasteiger partial charge in [0.1, 0.15) is 23.5 Å². The highest BCUT2D eigenvalue weighted by atomic mass is 16.7. The normalized spacial score (nSPS) is 21.7. The van der Waals surface area contributed by atoms with Crippen LogP contribution in [0.25, 0.3) is 0 Å². The van der Waals surface area contributed by atoms with Gasteiger partial charge < -0.3 is 39.0 Å². The highest BCUT2D eigenvalue weighted by molar-refractivity contribution is 6.36. The number of rotatable bonds is 7. The molecule has 3 heterocycles. The number of nitrogens with two attached hydrogens (primary N) is 1. The highest BCUT2D eigenvalue weighted by Gasteiger charge is 2.44. The largest absolute Gasteiger partial charge is 0.492 e. The molecule has 1 aliphatic carbocycles. The van der Waals surface area contributed by atoms with Crippen molar-refractivity contribution in [2.75, 3.05) is 27.6 Å². The van der Waals surface area contributed by atoms with Crippen molar-refractivity contribution in [2.45, 2.75) is 51.0 Å². The van der Waals surface area contributed by atoms with Gasteiger partial charge >= 0.3 is 5.97 Å². The van der Waals surface area contributed by atoms with Crippen LogP contribution in [-0.2, 0) is 30.3 Å². The Morgan fingerprint density at radius 3 is 2.61 bits per heavy atom. The Labute approximate surface area is 218 Å². The molecule has 200 valence electrons. The predicted octanol–water partition coefficient (Wildman–Crippen LogP) is 2.50. The molecule has 0 saturated carbocycles. The van der Waals surface area contributed by atoms with Crippen LogP contribution in [0.15, 0.2) is 27.9 Å². The van der Waals surface area contributed by atoms with E-state index < -0.39 is 18.0 Å². The molecule has 2 N–H and O–H groups in total. The number of oxime groups is 1. The fourth-order valence-corrected chi connectivity index (χ4v) is 5.31. The second-order valence-corrected chi connectivity index (χ2v) is 8.96. The summed E-state index contributed by atoms with van der Waals surface area (Å²) < 4.78 is 33.9. The molecule has 0 spiro atoms. The van der Waals surface area contributed by atoms with E-state index in [2.05, 4.69) is 11.2 Å². The van der Waals surface area contributed by atoms with Gasteiger partial charge in [-0.05, 0) is 13.3 Å². The minimum absolute atomic E-state index is 0.0651. The lowest BCUT2D eigenvalue weighted by Crippen LogP contribution is -2.29. The van der Waals surface area contributed by atoms with Crippen LogP contribution >= 0.6 is 0 Å². The van der Waals surface area contributed by atoms with Crippen LogP contribution < -0.4 is 24.7 Å². The molecular formula is C26H27N3O9. The molecule has 12 heteroatoms. The summed E-state index contributed by atoms with van der Waals surface area (Å²) in [6.07, 6.45) is 1.19. The summed E-state index contributed by atoms with van der Waals surface area (Å²) in [5.74, 6) is -0.0586. The number of allylic oxidation sites excluding steroid dienone is 3. The SMILES string of the molecule is CCOC(=O)C1=NO[C@H](Cc2c(OC)c3c(c(OC)c2[C@H]2C(C#N)=C(N)OC4=C2C(=O)CCC4)OCO3)C1. The number of carbonyl (C=O) groups is 2. The molecule has 0 amide bonds. The third-order valence-corrected chi connectivity index (χ3v) is 6.85. The number of nitriles is 1. The van der Waals surface area contributed by atoms with Gasteiger partial charge in [-0.2, -0.15) is 5.26 Å². The van der Waals surface area contributed by atoms with E-state index in [0.717, 1.165) is 0 Å². The van der Waals surface area contributed by atoms with E-state index in [1.165, 1.54) is 14.2 Å². The third-order valence-electron chi connectivity index (χ3n) is 6.85. The van der Waals surface area contributed by atoms with Gasteiger partial charge in [-0.3, -0.25) is 4.79 Å². The Kier molecular flexibility index (Phi) is 6.75. The maximum atomic E-state index is 13.3. The molecule has 0 fully saturated rings. The fraction of sp³-hybridized carbons (Fsp3) is 0.462. The number of methoxy groups -OCH3 is 2. The molecule has 0 unspecified atom stereocenters. The maximum Gasteiger partial charge on any atom is 0.356 e. The minimum Gasteiger partial charge on any atom is -0.492 e. The molecular weight excluding hydrogens is 498 g/mol. The maximum absolute atomic E-state index is 13.3. The van der Waals surface area contributed by atoms with E-state index in [0.29, 0.717) is 53.2 Å². The summed E-state index contributed by atoms with van der Waals surface area (Å²) in [6.45, 7) is 1.83. The first-order valence-corrected chi connectivity index (χ1v) is 12.2. The lowest BCUT2D eigenvalue weighted by atomic mass is 9.75. The summed E-state index contributed by atoms with van der Waals surface area (Å²) in [6, 6.07) is 2.13. The van der Waals surface area contributed by atoms with Gasteiger partial charge in [0.05, 0.1) is 26.7 Å². The van der Waals surface area contributed by atoms with Gasteiger partial charge in [0.15, 0.2) is 23.0 Å². The minimum atomic E-state index is -0.906. The molecule has 38 heavy (non-hydrogen) atoms. The van der Waals surface area contributed by atoms with Gasteiger partial charge in [0.25, 0.3) is 0 Å². The van der Waals surface area contributed by atoms with Crippen LogP contribution in [0.1, 0.15) is 49.7 Å². The van der Waals surface area contributed by atoms with Crippen molar-refractivity contribution >= 4 is 17.5 Å². The highest BCUT2D eigenvalue weighted by Crippen LogP contribution is 2.58. The summed E-state index contributed by atoms with van der Waals surface area (Å²) in [7, 11) is 2.93. The van der Waals surface area contributed by atoms with Crippen LogP contribution in [-0.4, -0.2) is 51.2 Å². The van der Waals surface area contributed by atoms with Crippen molar-refractivity contribution in [1.82, 2.24) is 0 Å². The number of hydrogen-bond acceptors (Lipinski definition) is 12. The monoisotopic (exact) mass is 525 g/mol. The molecule has 12 nitrogen and oxygen atoms in total. The Morgan fingerprint density at radius 1 is 1.18 bits per heavy atom. The van der Waals surface area contributed by atoms with E-state index in [-0.39, 0.29) is 60.7 Å². The average molecular weight is 526 g/mol. The van der Waals surface area contributed by atoms with E-state index >= 15 is 0 Å². The number of hydrogen-bond donors (Lipinski definition) is 1. The molecule has 2 atom stereocenters. The Balaban J connectivity index is 1.69. The van der Waals surface area contributed by atoms with E-state index in [4.69, 9.17) is 39.0 Å². The van der Waals surface area contributed by atoms with E-state index in [1.54, 1.807) is 6.92 Å². The predicted molar refractivity (Wildman–Crippen MR) is 129 cm³/mol. The number of carbonyl (C=O) groups excluding carboxylic acids is 2. The molecule has 0 bridgehead atoms. The molecule has 1 aromatic carbocycles. The smallest absolute Gasteiger partial charge is 0.356 e. The van der Waals surface area contributed by atoms with Crippen molar-refractivity contribution in [2.24, 2.45) is 10.9 Å². The number of nitrogens with zero attached hydrogens (tertiary/aromatic N) is 2.